The molecule has 0 aromatic carbocycles. The van der Waals surface area contributed by atoms with E-state index in [0.717, 1.165) is 48.2 Å². The molecule has 0 bridgehead atoms. The van der Waals surface area contributed by atoms with Crippen LogP contribution in [0.5, 0.6) is 0 Å². The molecule has 1 aliphatic heterocycles. The van der Waals surface area contributed by atoms with Crippen molar-refractivity contribution in [3.63, 3.8) is 0 Å². The number of allylic oxidation sites excluding steroid dienone is 8. The lowest BCUT2D eigenvalue weighted by molar-refractivity contribution is -0.138. The summed E-state index contributed by atoms with van der Waals surface area (Å²) in [5, 5.41) is 15.9. The Labute approximate surface area is 204 Å². The van der Waals surface area contributed by atoms with E-state index in [1.165, 1.54) is 6.08 Å². The Hall–Kier alpha value is -3.35. The topological polar surface area (TPSA) is 117 Å². The van der Waals surface area contributed by atoms with Gasteiger partial charge >= 0.3 is 5.97 Å². The van der Waals surface area contributed by atoms with Gasteiger partial charge in [0.1, 0.15) is 0 Å². The summed E-state index contributed by atoms with van der Waals surface area (Å²) in [4.78, 5) is 28.1. The minimum atomic E-state index is -0.955. The lowest BCUT2D eigenvalue weighted by Crippen LogP contribution is -2.46. The van der Waals surface area contributed by atoms with Crippen LogP contribution in [0.15, 0.2) is 75.8 Å². The average Bonchev–Trinajstić information content (AvgIpc) is 2.81. The van der Waals surface area contributed by atoms with E-state index >= 15 is 0 Å². The fourth-order valence-electron chi connectivity index (χ4n) is 3.74. The highest BCUT2D eigenvalue weighted by molar-refractivity contribution is 6.01. The molecule has 1 amide bonds. The van der Waals surface area contributed by atoms with Crippen molar-refractivity contribution < 1.29 is 14.7 Å². The number of aliphatic imine (C=N–C) groups is 1. The monoisotopic (exact) mass is 468 g/mol. The van der Waals surface area contributed by atoms with Gasteiger partial charge in [0.15, 0.2) is 6.04 Å². The second-order valence-electron chi connectivity index (χ2n) is 8.01. The lowest BCUT2D eigenvalue weighted by atomic mass is 9.96. The van der Waals surface area contributed by atoms with Crippen LogP contribution in [-0.2, 0) is 9.59 Å². The van der Waals surface area contributed by atoms with Crippen LogP contribution in [0.25, 0.3) is 0 Å². The molecule has 2 unspecified atom stereocenters. The van der Waals surface area contributed by atoms with Gasteiger partial charge in [0, 0.05) is 23.2 Å². The van der Waals surface area contributed by atoms with Crippen molar-refractivity contribution in [2.45, 2.75) is 79.3 Å². The normalized spacial score (nSPS) is 20.2. The highest BCUT2D eigenvalue weighted by Crippen LogP contribution is 2.26. The van der Waals surface area contributed by atoms with Crippen LogP contribution in [0.4, 0.5) is 0 Å². The van der Waals surface area contributed by atoms with Crippen molar-refractivity contribution in [3.05, 3.63) is 70.8 Å². The third-order valence-corrected chi connectivity index (χ3v) is 5.37. The zero-order valence-electron chi connectivity index (χ0n) is 21.3. The van der Waals surface area contributed by atoms with Crippen LogP contribution in [0.3, 0.4) is 0 Å². The first kappa shape index (κ1) is 28.7. The molecule has 0 aromatic heterocycles. The summed E-state index contributed by atoms with van der Waals surface area (Å²) in [6.07, 6.45) is 16.9. The molecule has 1 heterocycles. The largest absolute Gasteiger partial charge is 0.479 e. The quantitative estimate of drug-likeness (QED) is 0.223. The molecule has 0 aromatic rings. The highest BCUT2D eigenvalue weighted by atomic mass is 16.4. The van der Waals surface area contributed by atoms with Gasteiger partial charge in [-0.15, -0.1) is 0 Å². The molecule has 2 aliphatic rings. The van der Waals surface area contributed by atoms with Gasteiger partial charge in [0.05, 0.1) is 11.7 Å². The molecule has 7 heteroatoms. The molecule has 1 aliphatic carbocycles. The zero-order chi connectivity index (χ0) is 25.7. The number of dihydropyridines is 1. The summed E-state index contributed by atoms with van der Waals surface area (Å²) in [7, 11) is 0. The summed E-state index contributed by atoms with van der Waals surface area (Å²) in [6.45, 7) is 11.6. The maximum atomic E-state index is 11.7. The Morgan fingerprint density at radius 1 is 1.29 bits per heavy atom. The van der Waals surface area contributed by atoms with Gasteiger partial charge < -0.3 is 21.5 Å². The molecule has 5 N–H and O–H groups in total. The minimum absolute atomic E-state index is 0.230. The third-order valence-electron chi connectivity index (χ3n) is 5.37. The Balaban J connectivity index is 0.00000281. The number of rotatable bonds is 9. The second-order valence-corrected chi connectivity index (χ2v) is 8.01. The van der Waals surface area contributed by atoms with E-state index in [1.54, 1.807) is 6.08 Å². The van der Waals surface area contributed by atoms with Crippen LogP contribution in [-0.4, -0.2) is 34.8 Å². The molecule has 186 valence electrons. The van der Waals surface area contributed by atoms with E-state index in [4.69, 9.17) is 10.7 Å². The Kier molecular flexibility index (Phi) is 12.4. The molecular formula is C27H40N4O3. The fourth-order valence-corrected chi connectivity index (χ4v) is 3.74. The van der Waals surface area contributed by atoms with Crippen LogP contribution < -0.4 is 16.4 Å². The fraction of sp³-hybridized carbons (Fsp3) is 0.444. The van der Waals surface area contributed by atoms with E-state index < -0.39 is 17.9 Å². The summed E-state index contributed by atoms with van der Waals surface area (Å²) in [5.41, 5.74) is 10.0. The zero-order valence-corrected chi connectivity index (χ0v) is 21.3. The molecule has 34 heavy (non-hydrogen) atoms. The van der Waals surface area contributed by atoms with Gasteiger partial charge in [0.2, 0.25) is 5.91 Å². The second kappa shape index (κ2) is 14.7. The lowest BCUT2D eigenvalue weighted by Gasteiger charge is -2.28. The van der Waals surface area contributed by atoms with Crippen molar-refractivity contribution >= 4 is 17.6 Å². The predicted molar refractivity (Wildman–Crippen MR) is 140 cm³/mol. The van der Waals surface area contributed by atoms with E-state index in [0.29, 0.717) is 11.4 Å². The molecule has 2 atom stereocenters. The summed E-state index contributed by atoms with van der Waals surface area (Å²) >= 11 is 0. The molecular weight excluding hydrogens is 428 g/mol. The third kappa shape index (κ3) is 8.89. The standard InChI is InChI=1S/C25H34N4O3.C2H6/c1-5-6-12-20(17(3)28-21-14-13-16(2)27-24(21)25(31)32)18(4)29-22(15-23(26)30)19-10-8-7-9-11-19;1-2/h5-6,10,12-15,17,24,27-28H,7-9,11H2,1-4H3,(H2,26,30)(H,31,32);1-2H3/b6-5-,20-12-,22-15-,29-18+;. The van der Waals surface area contributed by atoms with Crippen molar-refractivity contribution in [3.8, 4) is 0 Å². The van der Waals surface area contributed by atoms with Crippen LogP contribution in [0.1, 0.15) is 67.2 Å². The predicted octanol–water partition coefficient (Wildman–Crippen LogP) is 4.67. The van der Waals surface area contributed by atoms with E-state index in [2.05, 4.69) is 16.7 Å². The molecule has 0 fully saturated rings. The van der Waals surface area contributed by atoms with Gasteiger partial charge in [0.25, 0.3) is 0 Å². The first-order valence-electron chi connectivity index (χ1n) is 12.0. The molecule has 0 radical (unpaired) electrons. The molecule has 0 saturated heterocycles. The Morgan fingerprint density at radius 2 is 2.00 bits per heavy atom. The number of carbonyl (C=O) groups is 2. The van der Waals surface area contributed by atoms with Crippen molar-refractivity contribution in [2.24, 2.45) is 10.7 Å². The number of nitrogens with one attached hydrogen (secondary N) is 2. The number of carboxylic acid groups (broad SMARTS) is 1. The van der Waals surface area contributed by atoms with Gasteiger partial charge in [-0.3, -0.25) is 9.79 Å². The average molecular weight is 469 g/mol. The molecule has 0 spiro atoms. The van der Waals surface area contributed by atoms with E-state index in [1.807, 2.05) is 65.8 Å². The van der Waals surface area contributed by atoms with E-state index in [9.17, 15) is 14.7 Å². The van der Waals surface area contributed by atoms with Gasteiger partial charge in [-0.25, -0.2) is 4.79 Å². The number of nitrogens with two attached hydrogens (primary N) is 1. The number of hydrogen-bond acceptors (Lipinski definition) is 5. The minimum Gasteiger partial charge on any atom is -0.479 e. The summed E-state index contributed by atoms with van der Waals surface area (Å²) in [6, 6.07) is -1.08. The van der Waals surface area contributed by atoms with Gasteiger partial charge in [-0.1, -0.05) is 38.2 Å². The number of hydrogen-bond donors (Lipinski definition) is 4. The smallest absolute Gasteiger partial charge is 0.332 e. The van der Waals surface area contributed by atoms with Crippen LogP contribution >= 0.6 is 0 Å². The van der Waals surface area contributed by atoms with Crippen LogP contribution in [0, 0.1) is 0 Å². The number of carbonyl (C=O) groups excluding carboxylic acids is 1. The molecule has 2 rings (SSSR count). The first-order valence-corrected chi connectivity index (χ1v) is 12.0. The number of carboxylic acids is 1. The Morgan fingerprint density at radius 3 is 2.56 bits per heavy atom. The maximum absolute atomic E-state index is 11.7. The van der Waals surface area contributed by atoms with Crippen LogP contribution in [0.2, 0.25) is 0 Å². The molecule has 0 saturated carbocycles. The van der Waals surface area contributed by atoms with Gasteiger partial charge in [-0.2, -0.15) is 0 Å². The van der Waals surface area contributed by atoms with E-state index in [-0.39, 0.29) is 6.04 Å². The highest BCUT2D eigenvalue weighted by Gasteiger charge is 2.26. The van der Waals surface area contributed by atoms with Gasteiger partial charge in [-0.05, 0) is 76.7 Å². The Bertz CT molecular complexity index is 949. The summed E-state index contributed by atoms with van der Waals surface area (Å²) in [5.74, 6) is -1.48. The summed E-state index contributed by atoms with van der Waals surface area (Å²) < 4.78 is 0. The van der Waals surface area contributed by atoms with Crippen molar-refractivity contribution in [1.29, 1.82) is 0 Å². The SMILES string of the molecule is CC.C\C=C/C=C(\C(C)=N\C(=C/C(N)=O)C1=CCCCC1)C(C)NC1=CC=C(C)NC1C(=O)O. The number of primary amides is 1. The number of aliphatic carboxylic acids is 1. The maximum Gasteiger partial charge on any atom is 0.332 e. The molecule has 7 nitrogen and oxygen atoms in total. The number of nitrogens with zero attached hydrogens (tertiary/aromatic N) is 1. The van der Waals surface area contributed by atoms with Crippen molar-refractivity contribution in [1.82, 2.24) is 10.6 Å². The number of amides is 1. The van der Waals surface area contributed by atoms with Crippen molar-refractivity contribution in [2.75, 3.05) is 0 Å². The first-order chi connectivity index (χ1) is 16.2.